The van der Waals surface area contributed by atoms with Gasteiger partial charge in [0.1, 0.15) is 5.78 Å². The van der Waals surface area contributed by atoms with Crippen molar-refractivity contribution >= 4 is 5.78 Å². The maximum absolute atomic E-state index is 11.5. The summed E-state index contributed by atoms with van der Waals surface area (Å²) >= 11 is 0. The predicted octanol–water partition coefficient (Wildman–Crippen LogP) is 3.72. The zero-order valence-corrected chi connectivity index (χ0v) is 10.2. The maximum Gasteiger partial charge on any atom is 0.130 e. The molecule has 0 saturated heterocycles. The van der Waals surface area contributed by atoms with Gasteiger partial charge in [-0.25, -0.2) is 0 Å². The van der Waals surface area contributed by atoms with Crippen LogP contribution in [0, 0.1) is 5.92 Å². The van der Waals surface area contributed by atoms with E-state index in [1.165, 1.54) is 18.4 Å². The predicted molar refractivity (Wildman–Crippen MR) is 66.4 cm³/mol. The van der Waals surface area contributed by atoms with E-state index in [-0.39, 0.29) is 5.41 Å². The second-order valence-corrected chi connectivity index (χ2v) is 5.19. The highest BCUT2D eigenvalue weighted by atomic mass is 16.1. The lowest BCUT2D eigenvalue weighted by molar-refractivity contribution is -0.118. The minimum absolute atomic E-state index is 0.118. The summed E-state index contributed by atoms with van der Waals surface area (Å²) in [5.41, 5.74) is 1.47. The van der Waals surface area contributed by atoms with Gasteiger partial charge in [-0.15, -0.1) is 0 Å². The van der Waals surface area contributed by atoms with Gasteiger partial charge in [-0.2, -0.15) is 0 Å². The molecule has 0 heterocycles. The number of carbonyl (C=O) groups is 1. The van der Waals surface area contributed by atoms with Crippen LogP contribution in [-0.2, 0) is 10.2 Å². The Hall–Kier alpha value is -1.11. The second kappa shape index (κ2) is 4.40. The summed E-state index contributed by atoms with van der Waals surface area (Å²) in [4.78, 5) is 11.5. The monoisotopic (exact) mass is 216 g/mol. The molecular formula is C15H20O. The van der Waals surface area contributed by atoms with Crippen LogP contribution < -0.4 is 0 Å². The highest BCUT2D eigenvalue weighted by Gasteiger charge is 2.42. The molecule has 0 unspecified atom stereocenters. The minimum Gasteiger partial charge on any atom is -0.300 e. The molecule has 86 valence electrons. The van der Waals surface area contributed by atoms with E-state index in [1.54, 1.807) is 6.92 Å². The first-order valence-electron chi connectivity index (χ1n) is 6.20. The zero-order chi connectivity index (χ0) is 11.6. The van der Waals surface area contributed by atoms with Crippen LogP contribution in [0.2, 0.25) is 0 Å². The first-order chi connectivity index (χ1) is 7.65. The molecule has 2 rings (SSSR count). The molecule has 1 aliphatic carbocycles. The molecule has 1 nitrogen and oxygen atoms in total. The van der Waals surface area contributed by atoms with Crippen molar-refractivity contribution in [3.63, 3.8) is 0 Å². The Morgan fingerprint density at radius 2 is 2.06 bits per heavy atom. The fourth-order valence-corrected chi connectivity index (χ4v) is 3.25. The quantitative estimate of drug-likeness (QED) is 0.752. The lowest BCUT2D eigenvalue weighted by Gasteiger charge is -2.33. The number of hydrogen-bond donors (Lipinski definition) is 0. The summed E-state index contributed by atoms with van der Waals surface area (Å²) < 4.78 is 0. The van der Waals surface area contributed by atoms with E-state index in [9.17, 15) is 4.79 Å². The highest BCUT2D eigenvalue weighted by molar-refractivity contribution is 5.77. The molecule has 1 aromatic carbocycles. The van der Waals surface area contributed by atoms with Gasteiger partial charge >= 0.3 is 0 Å². The molecular weight excluding hydrogens is 196 g/mol. The molecule has 1 heteroatoms. The van der Waals surface area contributed by atoms with Crippen LogP contribution in [0.5, 0.6) is 0 Å². The summed E-state index contributed by atoms with van der Waals surface area (Å²) in [5, 5.41) is 0. The Balaban J connectivity index is 2.38. The van der Waals surface area contributed by atoms with Crippen LogP contribution in [0.15, 0.2) is 30.3 Å². The molecule has 0 aromatic heterocycles. The van der Waals surface area contributed by atoms with Crippen LogP contribution in [0.4, 0.5) is 0 Å². The normalized spacial score (nSPS) is 29.2. The maximum atomic E-state index is 11.5. The Bertz CT molecular complexity index is 368. The molecule has 0 aliphatic heterocycles. The molecule has 1 fully saturated rings. The Labute approximate surface area is 97.9 Å². The van der Waals surface area contributed by atoms with Crippen molar-refractivity contribution in [2.75, 3.05) is 0 Å². The molecule has 0 amide bonds. The summed E-state index contributed by atoms with van der Waals surface area (Å²) in [6.07, 6.45) is 4.38. The SMILES string of the molecule is CC(=O)C[C@@]1(c2ccccc2)CCC[C@@H]1C. The van der Waals surface area contributed by atoms with Crippen LogP contribution in [0.3, 0.4) is 0 Å². The Kier molecular flexibility index (Phi) is 3.13. The van der Waals surface area contributed by atoms with Gasteiger partial charge in [-0.05, 0) is 31.2 Å². The standard InChI is InChI=1S/C15H20O/c1-12-7-6-10-15(12,11-13(2)16)14-8-4-3-5-9-14/h3-5,8-9,12H,6-7,10-11H2,1-2H3/t12-,15-/m0/s1. The summed E-state index contributed by atoms with van der Waals surface area (Å²) in [6.45, 7) is 4.01. The van der Waals surface area contributed by atoms with Gasteiger partial charge in [0.25, 0.3) is 0 Å². The minimum atomic E-state index is 0.118. The molecule has 0 bridgehead atoms. The van der Waals surface area contributed by atoms with Crippen molar-refractivity contribution < 1.29 is 4.79 Å². The van der Waals surface area contributed by atoms with Crippen LogP contribution >= 0.6 is 0 Å². The first kappa shape index (κ1) is 11.4. The molecule has 0 spiro atoms. The smallest absolute Gasteiger partial charge is 0.130 e. The lowest BCUT2D eigenvalue weighted by atomic mass is 9.70. The van der Waals surface area contributed by atoms with Gasteiger partial charge in [0.05, 0.1) is 0 Å². The fourth-order valence-electron chi connectivity index (χ4n) is 3.25. The van der Waals surface area contributed by atoms with Crippen molar-refractivity contribution in [1.82, 2.24) is 0 Å². The van der Waals surface area contributed by atoms with Crippen molar-refractivity contribution in [1.29, 1.82) is 0 Å². The molecule has 2 atom stereocenters. The summed E-state index contributed by atoms with van der Waals surface area (Å²) in [6, 6.07) is 10.6. The third-order valence-corrected chi connectivity index (χ3v) is 4.12. The topological polar surface area (TPSA) is 17.1 Å². The third kappa shape index (κ3) is 1.91. The number of hydrogen-bond acceptors (Lipinski definition) is 1. The molecule has 1 aromatic rings. The van der Waals surface area contributed by atoms with Crippen LogP contribution in [-0.4, -0.2) is 5.78 Å². The molecule has 0 radical (unpaired) electrons. The van der Waals surface area contributed by atoms with Gasteiger partial charge < -0.3 is 0 Å². The average Bonchev–Trinajstić information content (AvgIpc) is 2.62. The van der Waals surface area contributed by atoms with Crippen LogP contribution in [0.1, 0.15) is 45.1 Å². The summed E-state index contributed by atoms with van der Waals surface area (Å²) in [5.74, 6) is 0.941. The largest absolute Gasteiger partial charge is 0.300 e. The van der Waals surface area contributed by atoms with Gasteiger partial charge in [0.2, 0.25) is 0 Å². The van der Waals surface area contributed by atoms with Crippen molar-refractivity contribution in [3.8, 4) is 0 Å². The first-order valence-corrected chi connectivity index (χ1v) is 6.20. The number of Topliss-reactive ketones (excluding diaryl/α,β-unsaturated/α-hetero) is 1. The average molecular weight is 216 g/mol. The van der Waals surface area contributed by atoms with E-state index in [0.717, 1.165) is 6.42 Å². The van der Waals surface area contributed by atoms with Gasteiger partial charge in [-0.3, -0.25) is 4.79 Å². The molecule has 0 N–H and O–H groups in total. The number of carbonyl (C=O) groups excluding carboxylic acids is 1. The second-order valence-electron chi connectivity index (χ2n) is 5.19. The van der Waals surface area contributed by atoms with E-state index in [4.69, 9.17) is 0 Å². The van der Waals surface area contributed by atoms with Crippen molar-refractivity contribution in [2.24, 2.45) is 5.92 Å². The fraction of sp³-hybridized carbons (Fsp3) is 0.533. The number of rotatable bonds is 3. The number of benzene rings is 1. The van der Waals surface area contributed by atoms with E-state index >= 15 is 0 Å². The lowest BCUT2D eigenvalue weighted by Crippen LogP contribution is -2.31. The van der Waals surface area contributed by atoms with Crippen LogP contribution in [0.25, 0.3) is 0 Å². The third-order valence-electron chi connectivity index (χ3n) is 4.12. The van der Waals surface area contributed by atoms with E-state index < -0.39 is 0 Å². The highest BCUT2D eigenvalue weighted by Crippen LogP contribution is 2.48. The van der Waals surface area contributed by atoms with E-state index in [1.807, 2.05) is 6.07 Å². The Morgan fingerprint density at radius 1 is 1.38 bits per heavy atom. The van der Waals surface area contributed by atoms with Gasteiger partial charge in [0, 0.05) is 11.8 Å². The molecule has 1 saturated carbocycles. The zero-order valence-electron chi connectivity index (χ0n) is 10.2. The number of ketones is 1. The van der Waals surface area contributed by atoms with E-state index in [0.29, 0.717) is 18.1 Å². The molecule has 16 heavy (non-hydrogen) atoms. The Morgan fingerprint density at radius 3 is 2.56 bits per heavy atom. The van der Waals surface area contributed by atoms with Crippen molar-refractivity contribution in [2.45, 2.75) is 44.9 Å². The van der Waals surface area contributed by atoms with Crippen molar-refractivity contribution in [3.05, 3.63) is 35.9 Å². The molecule has 1 aliphatic rings. The van der Waals surface area contributed by atoms with Gasteiger partial charge in [-0.1, -0.05) is 43.7 Å². The van der Waals surface area contributed by atoms with Gasteiger partial charge in [0.15, 0.2) is 0 Å². The van der Waals surface area contributed by atoms with E-state index in [2.05, 4.69) is 31.2 Å². The summed E-state index contributed by atoms with van der Waals surface area (Å²) in [7, 11) is 0.